The highest BCUT2D eigenvalue weighted by molar-refractivity contribution is 5.36. The minimum atomic E-state index is -0.0000441. The Hall–Kier alpha value is -1.75. The lowest BCUT2D eigenvalue weighted by Crippen LogP contribution is -2.53. The molecule has 1 spiro atoms. The Kier molecular flexibility index (Phi) is 5.89. The number of methoxy groups -OCH3 is 1. The predicted octanol–water partition coefficient (Wildman–Crippen LogP) is 4.61. The van der Waals surface area contributed by atoms with Crippen LogP contribution in [0.2, 0.25) is 0 Å². The second-order valence-corrected chi connectivity index (χ2v) is 10.2. The van der Waals surface area contributed by atoms with Crippen molar-refractivity contribution < 1.29 is 9.47 Å². The van der Waals surface area contributed by atoms with Crippen molar-refractivity contribution in [3.05, 3.63) is 65.5 Å². The summed E-state index contributed by atoms with van der Waals surface area (Å²) >= 11 is 0. The first-order valence-electron chi connectivity index (χ1n) is 12.0. The molecule has 0 amide bonds. The fourth-order valence-corrected chi connectivity index (χ4v) is 6.61. The SMILES string of the molecule is COCC1(NCC[C@@]2(c3ccccn3)CCOC3(CCCC3)C2)Cc2ccccc2C1. The molecule has 1 N–H and O–H groups in total. The minimum Gasteiger partial charge on any atom is -0.383 e. The summed E-state index contributed by atoms with van der Waals surface area (Å²) in [4.78, 5) is 4.86. The molecule has 5 rings (SSSR count). The van der Waals surface area contributed by atoms with Gasteiger partial charge in [-0.1, -0.05) is 43.2 Å². The number of ether oxygens (including phenoxy) is 2. The molecule has 4 heteroatoms. The predicted molar refractivity (Wildman–Crippen MR) is 123 cm³/mol. The highest BCUT2D eigenvalue weighted by atomic mass is 16.5. The number of nitrogens with zero attached hydrogens (tertiary/aromatic N) is 1. The van der Waals surface area contributed by atoms with E-state index in [0.29, 0.717) is 0 Å². The Morgan fingerprint density at radius 1 is 1.00 bits per heavy atom. The molecular weight excluding hydrogens is 384 g/mol. The zero-order chi connectivity index (χ0) is 21.2. The van der Waals surface area contributed by atoms with Gasteiger partial charge in [0.15, 0.2) is 0 Å². The third-order valence-corrected chi connectivity index (χ3v) is 8.07. The average Bonchev–Trinajstić information content (AvgIpc) is 3.39. The molecule has 4 nitrogen and oxygen atoms in total. The normalized spacial score (nSPS) is 26.2. The van der Waals surface area contributed by atoms with Crippen molar-refractivity contribution in [2.75, 3.05) is 26.9 Å². The zero-order valence-corrected chi connectivity index (χ0v) is 18.9. The van der Waals surface area contributed by atoms with Gasteiger partial charge in [-0.15, -0.1) is 0 Å². The topological polar surface area (TPSA) is 43.4 Å². The molecule has 2 fully saturated rings. The van der Waals surface area contributed by atoms with Crippen molar-refractivity contribution in [2.24, 2.45) is 0 Å². The molecule has 0 radical (unpaired) electrons. The van der Waals surface area contributed by atoms with E-state index in [4.69, 9.17) is 14.5 Å². The number of benzene rings is 1. The monoisotopic (exact) mass is 420 g/mol. The van der Waals surface area contributed by atoms with Crippen LogP contribution in [0.1, 0.15) is 61.8 Å². The Labute approximate surface area is 186 Å². The largest absolute Gasteiger partial charge is 0.383 e. The van der Waals surface area contributed by atoms with Gasteiger partial charge in [-0.3, -0.25) is 4.98 Å². The van der Waals surface area contributed by atoms with E-state index < -0.39 is 0 Å². The van der Waals surface area contributed by atoms with Gasteiger partial charge in [0.2, 0.25) is 0 Å². The molecule has 0 bridgehead atoms. The summed E-state index contributed by atoms with van der Waals surface area (Å²) in [5.41, 5.74) is 4.34. The van der Waals surface area contributed by atoms with E-state index in [1.807, 2.05) is 19.4 Å². The van der Waals surface area contributed by atoms with Crippen LogP contribution in [0, 0.1) is 0 Å². The fourth-order valence-electron chi connectivity index (χ4n) is 6.61. The van der Waals surface area contributed by atoms with Gasteiger partial charge in [0, 0.05) is 36.6 Å². The highest BCUT2D eigenvalue weighted by Gasteiger charge is 2.48. The summed E-state index contributed by atoms with van der Waals surface area (Å²) in [5, 5.41) is 3.97. The van der Waals surface area contributed by atoms with Crippen LogP contribution >= 0.6 is 0 Å². The number of pyridine rings is 1. The third-order valence-electron chi connectivity index (χ3n) is 8.07. The fraction of sp³-hybridized carbons (Fsp3) is 0.593. The first-order valence-corrected chi connectivity index (χ1v) is 12.0. The molecule has 2 heterocycles. The third kappa shape index (κ3) is 4.18. The quantitative estimate of drug-likeness (QED) is 0.711. The lowest BCUT2D eigenvalue weighted by Gasteiger charge is -2.47. The van der Waals surface area contributed by atoms with E-state index in [0.717, 1.165) is 51.9 Å². The summed E-state index contributed by atoms with van der Waals surface area (Å²) in [5.74, 6) is 0. The lowest BCUT2D eigenvalue weighted by molar-refractivity contribution is -0.104. The number of nitrogens with one attached hydrogen (secondary N) is 1. The molecule has 1 aliphatic heterocycles. The second-order valence-electron chi connectivity index (χ2n) is 10.2. The molecule has 1 saturated heterocycles. The van der Waals surface area contributed by atoms with Crippen LogP contribution in [0.3, 0.4) is 0 Å². The van der Waals surface area contributed by atoms with E-state index in [1.54, 1.807) is 0 Å². The number of fused-ring (bicyclic) bond motifs is 1. The number of aromatic nitrogens is 1. The highest BCUT2D eigenvalue weighted by Crippen LogP contribution is 2.49. The summed E-state index contributed by atoms with van der Waals surface area (Å²) in [6.07, 6.45) is 12.3. The van der Waals surface area contributed by atoms with E-state index in [1.165, 1.54) is 42.5 Å². The van der Waals surface area contributed by atoms with Crippen LogP contribution < -0.4 is 5.32 Å². The van der Waals surface area contributed by atoms with Crippen molar-refractivity contribution in [3.63, 3.8) is 0 Å². The molecule has 2 aliphatic carbocycles. The Balaban J connectivity index is 1.34. The van der Waals surface area contributed by atoms with Gasteiger partial charge in [-0.05, 0) is 74.8 Å². The summed E-state index contributed by atoms with van der Waals surface area (Å²) in [6, 6.07) is 15.3. The van der Waals surface area contributed by atoms with Crippen molar-refractivity contribution in [1.82, 2.24) is 10.3 Å². The number of rotatable bonds is 7. The maximum absolute atomic E-state index is 6.42. The van der Waals surface area contributed by atoms with E-state index >= 15 is 0 Å². The zero-order valence-electron chi connectivity index (χ0n) is 18.9. The Morgan fingerprint density at radius 2 is 1.74 bits per heavy atom. The van der Waals surface area contributed by atoms with Crippen LogP contribution in [0.4, 0.5) is 0 Å². The standard InChI is InChI=1S/C27H36N2O2/c1-30-21-26(18-22-8-2-3-9-23(22)19-26)29-16-13-25(24-10-4-7-15-28-24)14-17-31-27(20-25)11-5-6-12-27/h2-4,7-10,15,29H,5-6,11-14,16-21H2,1H3/t25-/m1/s1. The van der Waals surface area contributed by atoms with Crippen molar-refractivity contribution in [3.8, 4) is 0 Å². The van der Waals surface area contributed by atoms with Gasteiger partial charge in [0.1, 0.15) is 0 Å². The molecule has 1 saturated carbocycles. The molecular formula is C27H36N2O2. The van der Waals surface area contributed by atoms with Gasteiger partial charge in [0.05, 0.1) is 12.2 Å². The van der Waals surface area contributed by atoms with Gasteiger partial charge in [-0.25, -0.2) is 0 Å². The van der Waals surface area contributed by atoms with E-state index in [-0.39, 0.29) is 16.6 Å². The molecule has 31 heavy (non-hydrogen) atoms. The van der Waals surface area contributed by atoms with Gasteiger partial charge < -0.3 is 14.8 Å². The maximum atomic E-state index is 6.42. The maximum Gasteiger partial charge on any atom is 0.0691 e. The number of hydrogen-bond acceptors (Lipinski definition) is 4. The molecule has 3 aliphatic rings. The molecule has 2 aromatic rings. The van der Waals surface area contributed by atoms with Crippen LogP contribution in [-0.4, -0.2) is 43.0 Å². The minimum absolute atomic E-state index is 0.0000441. The first-order chi connectivity index (χ1) is 15.2. The van der Waals surface area contributed by atoms with Gasteiger partial charge in [-0.2, -0.15) is 0 Å². The summed E-state index contributed by atoms with van der Waals surface area (Å²) in [7, 11) is 1.82. The van der Waals surface area contributed by atoms with E-state index in [2.05, 4.69) is 41.7 Å². The molecule has 1 aromatic carbocycles. The smallest absolute Gasteiger partial charge is 0.0691 e. The molecule has 0 unspecified atom stereocenters. The van der Waals surface area contributed by atoms with Crippen molar-refractivity contribution >= 4 is 0 Å². The van der Waals surface area contributed by atoms with Crippen LogP contribution in [0.25, 0.3) is 0 Å². The summed E-state index contributed by atoms with van der Waals surface area (Å²) < 4.78 is 12.1. The van der Waals surface area contributed by atoms with Gasteiger partial charge >= 0.3 is 0 Å². The van der Waals surface area contributed by atoms with Gasteiger partial charge in [0.25, 0.3) is 0 Å². The number of hydrogen-bond donors (Lipinski definition) is 1. The van der Waals surface area contributed by atoms with Crippen LogP contribution in [0.15, 0.2) is 48.7 Å². The lowest BCUT2D eigenvalue weighted by atomic mass is 9.68. The van der Waals surface area contributed by atoms with Crippen LogP contribution in [0.5, 0.6) is 0 Å². The molecule has 1 atom stereocenters. The summed E-state index contributed by atoms with van der Waals surface area (Å²) in [6.45, 7) is 2.57. The second kappa shape index (κ2) is 8.65. The molecule has 1 aromatic heterocycles. The van der Waals surface area contributed by atoms with Crippen LogP contribution in [-0.2, 0) is 27.7 Å². The molecule has 166 valence electrons. The van der Waals surface area contributed by atoms with Crippen molar-refractivity contribution in [2.45, 2.75) is 74.3 Å². The Bertz CT molecular complexity index is 853. The van der Waals surface area contributed by atoms with E-state index in [9.17, 15) is 0 Å². The Morgan fingerprint density at radius 3 is 2.42 bits per heavy atom. The average molecular weight is 421 g/mol. The first kappa shape index (κ1) is 21.1. The van der Waals surface area contributed by atoms with Crippen molar-refractivity contribution in [1.29, 1.82) is 0 Å².